The van der Waals surface area contributed by atoms with Crippen LogP contribution in [-0.4, -0.2) is 16.8 Å². The van der Waals surface area contributed by atoms with Crippen molar-refractivity contribution in [3.63, 3.8) is 0 Å². The van der Waals surface area contributed by atoms with E-state index in [1.165, 1.54) is 31.4 Å². The molecule has 0 aromatic rings. The summed E-state index contributed by atoms with van der Waals surface area (Å²) in [4.78, 5) is 0. The summed E-state index contributed by atoms with van der Waals surface area (Å²) < 4.78 is 0. The quantitative estimate of drug-likeness (QED) is 0.667. The molecule has 0 saturated heterocycles. The van der Waals surface area contributed by atoms with E-state index in [4.69, 9.17) is 0 Å². The summed E-state index contributed by atoms with van der Waals surface area (Å²) in [7, 11) is 0. The molecule has 1 atom stereocenters. The van der Waals surface area contributed by atoms with Crippen LogP contribution in [0.1, 0.15) is 39.5 Å². The molecule has 0 amide bonds. The van der Waals surface area contributed by atoms with Gasteiger partial charge in [-0.3, -0.25) is 0 Å². The Kier molecular flexibility index (Phi) is 4.31. The third-order valence-electron chi connectivity index (χ3n) is 3.00. The third kappa shape index (κ3) is 2.59. The molecule has 1 fully saturated rings. The van der Waals surface area contributed by atoms with E-state index in [0.29, 0.717) is 5.41 Å². The number of rotatable bonds is 5. The lowest BCUT2D eigenvalue weighted by molar-refractivity contribution is 0.205. The van der Waals surface area contributed by atoms with Crippen LogP contribution >= 0.6 is 24.4 Å². The summed E-state index contributed by atoms with van der Waals surface area (Å²) in [5.41, 5.74) is 0.622. The van der Waals surface area contributed by atoms with Crippen LogP contribution in [0.2, 0.25) is 0 Å². The molecule has 0 heterocycles. The van der Waals surface area contributed by atoms with Crippen LogP contribution in [0, 0.1) is 5.41 Å². The maximum Gasteiger partial charge on any atom is 0.00163 e. The highest BCUT2D eigenvalue weighted by molar-refractivity contribution is 7.99. The number of thiol groups is 1. The zero-order chi connectivity index (χ0) is 9.03. The van der Waals surface area contributed by atoms with Gasteiger partial charge >= 0.3 is 0 Å². The van der Waals surface area contributed by atoms with Gasteiger partial charge in [-0.05, 0) is 36.2 Å². The number of hydrogen-bond acceptors (Lipinski definition) is 2. The highest BCUT2D eigenvalue weighted by Gasteiger charge is 2.35. The maximum atomic E-state index is 4.45. The molecule has 72 valence electrons. The first-order valence-electron chi connectivity index (χ1n) is 4.95. The van der Waals surface area contributed by atoms with Gasteiger partial charge in [-0.1, -0.05) is 20.3 Å². The van der Waals surface area contributed by atoms with E-state index in [-0.39, 0.29) is 0 Å². The Morgan fingerprint density at radius 1 is 1.50 bits per heavy atom. The second-order valence-electron chi connectivity index (χ2n) is 4.04. The van der Waals surface area contributed by atoms with Gasteiger partial charge in [0, 0.05) is 5.25 Å². The minimum absolute atomic E-state index is 0.622. The Bertz CT molecular complexity index is 124. The molecule has 1 aliphatic carbocycles. The van der Waals surface area contributed by atoms with E-state index in [1.807, 2.05) is 0 Å². The molecule has 0 radical (unpaired) electrons. The molecule has 0 nitrogen and oxygen atoms in total. The first-order chi connectivity index (χ1) is 5.72. The zero-order valence-corrected chi connectivity index (χ0v) is 9.89. The Balaban J connectivity index is 2.20. The third-order valence-corrected chi connectivity index (χ3v) is 5.35. The molecular weight excluding hydrogens is 184 g/mol. The maximum absolute atomic E-state index is 4.45. The molecular formula is C10H20S2. The molecule has 0 aromatic heterocycles. The molecule has 0 bridgehead atoms. The summed E-state index contributed by atoms with van der Waals surface area (Å²) in [5, 5.41) is 0.836. The summed E-state index contributed by atoms with van der Waals surface area (Å²) in [6.45, 7) is 4.60. The van der Waals surface area contributed by atoms with Gasteiger partial charge in [-0.2, -0.15) is 24.4 Å². The van der Waals surface area contributed by atoms with Crippen molar-refractivity contribution in [1.82, 2.24) is 0 Å². The lowest BCUT2D eigenvalue weighted by atomic mass is 9.72. The standard InChI is InChI=1S/C10H20S2/c1-3-9(2)12-8-10(7-11)5-4-6-10/h9,11H,3-8H2,1-2H3. The van der Waals surface area contributed by atoms with Crippen molar-refractivity contribution in [2.24, 2.45) is 5.41 Å². The van der Waals surface area contributed by atoms with Gasteiger partial charge in [-0.15, -0.1) is 0 Å². The Hall–Kier alpha value is 0.700. The van der Waals surface area contributed by atoms with Gasteiger partial charge in [0.25, 0.3) is 0 Å². The van der Waals surface area contributed by atoms with Crippen LogP contribution in [0.5, 0.6) is 0 Å². The van der Waals surface area contributed by atoms with Crippen LogP contribution in [0.4, 0.5) is 0 Å². The lowest BCUT2D eigenvalue weighted by Crippen LogP contribution is -2.34. The van der Waals surface area contributed by atoms with E-state index in [9.17, 15) is 0 Å². The Labute approximate surface area is 86.3 Å². The fourth-order valence-corrected chi connectivity index (χ4v) is 3.31. The average molecular weight is 204 g/mol. The van der Waals surface area contributed by atoms with Crippen molar-refractivity contribution in [3.05, 3.63) is 0 Å². The summed E-state index contributed by atoms with van der Waals surface area (Å²) in [5.74, 6) is 2.43. The fourth-order valence-electron chi connectivity index (χ4n) is 1.46. The van der Waals surface area contributed by atoms with Crippen molar-refractivity contribution in [2.75, 3.05) is 11.5 Å². The van der Waals surface area contributed by atoms with Crippen LogP contribution in [0.3, 0.4) is 0 Å². The number of thioether (sulfide) groups is 1. The summed E-state index contributed by atoms with van der Waals surface area (Å²) in [6, 6.07) is 0. The molecule has 1 aliphatic rings. The summed E-state index contributed by atoms with van der Waals surface area (Å²) >= 11 is 6.59. The minimum Gasteiger partial charge on any atom is -0.179 e. The van der Waals surface area contributed by atoms with Gasteiger partial charge < -0.3 is 0 Å². The van der Waals surface area contributed by atoms with Crippen molar-refractivity contribution >= 4 is 24.4 Å². The van der Waals surface area contributed by atoms with Crippen LogP contribution < -0.4 is 0 Å². The highest BCUT2D eigenvalue weighted by atomic mass is 32.2. The lowest BCUT2D eigenvalue weighted by Gasteiger charge is -2.41. The van der Waals surface area contributed by atoms with Crippen molar-refractivity contribution in [3.8, 4) is 0 Å². The predicted molar refractivity (Wildman–Crippen MR) is 62.3 cm³/mol. The molecule has 1 rings (SSSR count). The monoisotopic (exact) mass is 204 g/mol. The fraction of sp³-hybridized carbons (Fsp3) is 1.00. The predicted octanol–water partition coefficient (Wildman–Crippen LogP) is 3.62. The van der Waals surface area contributed by atoms with Gasteiger partial charge in [0.15, 0.2) is 0 Å². The van der Waals surface area contributed by atoms with Gasteiger partial charge in [-0.25, -0.2) is 0 Å². The van der Waals surface area contributed by atoms with E-state index >= 15 is 0 Å². The first-order valence-corrected chi connectivity index (χ1v) is 6.63. The topological polar surface area (TPSA) is 0 Å². The summed E-state index contributed by atoms with van der Waals surface area (Å²) in [6.07, 6.45) is 5.56. The van der Waals surface area contributed by atoms with E-state index in [2.05, 4.69) is 38.2 Å². The Morgan fingerprint density at radius 3 is 2.50 bits per heavy atom. The SMILES string of the molecule is CCC(C)SCC1(CS)CCC1. The van der Waals surface area contributed by atoms with Crippen molar-refractivity contribution in [1.29, 1.82) is 0 Å². The zero-order valence-electron chi connectivity index (χ0n) is 8.18. The molecule has 0 N–H and O–H groups in total. The molecule has 0 aliphatic heterocycles. The van der Waals surface area contributed by atoms with E-state index in [1.54, 1.807) is 0 Å². The van der Waals surface area contributed by atoms with Crippen molar-refractivity contribution in [2.45, 2.75) is 44.8 Å². The molecule has 0 aromatic carbocycles. The van der Waals surface area contributed by atoms with Crippen LogP contribution in [0.15, 0.2) is 0 Å². The van der Waals surface area contributed by atoms with E-state index < -0.39 is 0 Å². The first kappa shape index (κ1) is 10.8. The van der Waals surface area contributed by atoms with Gasteiger partial charge in [0.05, 0.1) is 0 Å². The smallest absolute Gasteiger partial charge is 0.00163 e. The largest absolute Gasteiger partial charge is 0.179 e. The van der Waals surface area contributed by atoms with E-state index in [0.717, 1.165) is 11.0 Å². The van der Waals surface area contributed by atoms with Crippen molar-refractivity contribution < 1.29 is 0 Å². The average Bonchev–Trinajstić information content (AvgIpc) is 2.03. The minimum atomic E-state index is 0.622. The highest BCUT2D eigenvalue weighted by Crippen LogP contribution is 2.44. The van der Waals surface area contributed by atoms with Gasteiger partial charge in [0.2, 0.25) is 0 Å². The normalized spacial score (nSPS) is 23.2. The van der Waals surface area contributed by atoms with Gasteiger partial charge in [0.1, 0.15) is 0 Å². The molecule has 12 heavy (non-hydrogen) atoms. The van der Waals surface area contributed by atoms with Crippen LogP contribution in [-0.2, 0) is 0 Å². The molecule has 1 unspecified atom stereocenters. The number of hydrogen-bond donors (Lipinski definition) is 1. The molecule has 1 saturated carbocycles. The second-order valence-corrected chi connectivity index (χ2v) is 5.78. The Morgan fingerprint density at radius 2 is 2.17 bits per heavy atom. The molecule has 0 spiro atoms. The molecule has 2 heteroatoms. The second kappa shape index (κ2) is 4.80. The van der Waals surface area contributed by atoms with Crippen LogP contribution in [0.25, 0.3) is 0 Å².